The number of benzene rings is 1. The highest BCUT2D eigenvalue weighted by Gasteiger charge is 2.27. The third-order valence-corrected chi connectivity index (χ3v) is 5.26. The van der Waals surface area contributed by atoms with Crippen LogP contribution in [-0.2, 0) is 18.4 Å². The van der Waals surface area contributed by atoms with Gasteiger partial charge in [0, 0.05) is 13.0 Å². The molecule has 1 aromatic rings. The number of carbonyl (C=O) groups excluding carboxylic acids is 2. The van der Waals surface area contributed by atoms with Gasteiger partial charge < -0.3 is 14.4 Å². The summed E-state index contributed by atoms with van der Waals surface area (Å²) in [7, 11) is -3.55. The van der Waals surface area contributed by atoms with Crippen molar-refractivity contribution in [3.8, 4) is 0 Å². The van der Waals surface area contributed by atoms with E-state index in [9.17, 15) is 22.9 Å². The average molecular weight is 398 g/mol. The summed E-state index contributed by atoms with van der Waals surface area (Å²) in [6.45, 7) is 3.24. The molecule has 0 heterocycles. The summed E-state index contributed by atoms with van der Waals surface area (Å²) in [5.74, 6) is -3.69. The Kier molecular flexibility index (Phi) is 8.65. The number of Topliss-reactive ketones (excluding diaryl/α,β-unsaturated/α-hetero) is 1. The second-order valence-electron chi connectivity index (χ2n) is 4.85. The van der Waals surface area contributed by atoms with E-state index < -0.39 is 42.6 Å². The molecule has 140 valence electrons. The van der Waals surface area contributed by atoms with E-state index in [4.69, 9.17) is 20.6 Å². The number of hydrogen-bond donors (Lipinski definition) is 1. The van der Waals surface area contributed by atoms with Gasteiger partial charge in [0.15, 0.2) is 11.6 Å². The van der Waals surface area contributed by atoms with Crippen molar-refractivity contribution in [3.05, 3.63) is 34.4 Å². The molecule has 1 rings (SSSR count). The number of nitrogens with one attached hydrogen (secondary N) is 1. The zero-order valence-electron chi connectivity index (χ0n) is 13.8. The molecule has 0 aliphatic heterocycles. The molecule has 10 heteroatoms. The number of hydrogen-bond acceptors (Lipinski definition) is 5. The van der Waals surface area contributed by atoms with Crippen molar-refractivity contribution in [1.29, 1.82) is 0 Å². The Morgan fingerprint density at radius 1 is 1.20 bits per heavy atom. The van der Waals surface area contributed by atoms with Gasteiger partial charge in [0.05, 0.1) is 23.8 Å². The smallest absolute Gasteiger partial charge is 0.340 e. The van der Waals surface area contributed by atoms with Gasteiger partial charge in [-0.05, 0) is 26.0 Å². The van der Waals surface area contributed by atoms with Crippen molar-refractivity contribution in [1.82, 2.24) is 5.32 Å². The van der Waals surface area contributed by atoms with Gasteiger partial charge in [-0.25, -0.2) is 8.78 Å². The topological polar surface area (TPSA) is 81.7 Å². The van der Waals surface area contributed by atoms with Gasteiger partial charge in [0.2, 0.25) is 5.91 Å². The molecule has 0 atom stereocenters. The standard InChI is InChI=1S/C15H19ClF2NO5P/c1-3-23-25(22,24-4-2)9-13(21)19-8-7-12(20)14-11(17)6-5-10(16)15(14)18/h5-6H,3-4,7-9H2,1-2H3,(H,19,21). The molecular formula is C15H19ClF2NO5P. The predicted octanol–water partition coefficient (Wildman–Crippen LogP) is 3.57. The van der Waals surface area contributed by atoms with Gasteiger partial charge in [-0.15, -0.1) is 0 Å². The van der Waals surface area contributed by atoms with Crippen LogP contribution in [0.4, 0.5) is 8.78 Å². The highest BCUT2D eigenvalue weighted by Crippen LogP contribution is 2.47. The van der Waals surface area contributed by atoms with Crippen LogP contribution >= 0.6 is 19.2 Å². The Hall–Kier alpha value is -1.34. The fourth-order valence-electron chi connectivity index (χ4n) is 1.98. The van der Waals surface area contributed by atoms with Crippen molar-refractivity contribution in [2.75, 3.05) is 25.9 Å². The lowest BCUT2D eigenvalue weighted by atomic mass is 10.1. The fraction of sp³-hybridized carbons (Fsp3) is 0.467. The molecule has 25 heavy (non-hydrogen) atoms. The van der Waals surface area contributed by atoms with Crippen molar-refractivity contribution >= 4 is 30.9 Å². The largest absolute Gasteiger partial charge is 0.355 e. The minimum absolute atomic E-state index is 0.108. The molecule has 0 aliphatic rings. The maximum Gasteiger partial charge on any atom is 0.340 e. The second-order valence-corrected chi connectivity index (χ2v) is 7.31. The van der Waals surface area contributed by atoms with Crippen LogP contribution in [0.3, 0.4) is 0 Å². The first-order valence-electron chi connectivity index (χ1n) is 7.55. The van der Waals surface area contributed by atoms with Crippen LogP contribution in [0, 0.1) is 11.6 Å². The van der Waals surface area contributed by atoms with Crippen molar-refractivity contribution in [2.45, 2.75) is 20.3 Å². The summed E-state index contributed by atoms with van der Waals surface area (Å²) in [5, 5.41) is 1.97. The van der Waals surface area contributed by atoms with Gasteiger partial charge >= 0.3 is 7.60 Å². The first kappa shape index (κ1) is 21.7. The van der Waals surface area contributed by atoms with Crippen LogP contribution in [0.1, 0.15) is 30.6 Å². The maximum absolute atomic E-state index is 13.7. The van der Waals surface area contributed by atoms with Gasteiger partial charge in [0.1, 0.15) is 12.0 Å². The summed E-state index contributed by atoms with van der Waals surface area (Å²) in [6.07, 6.45) is -0.865. The number of ketones is 1. The molecule has 1 N–H and O–H groups in total. The first-order chi connectivity index (χ1) is 11.7. The summed E-state index contributed by atoms with van der Waals surface area (Å²) < 4.78 is 49.5. The summed E-state index contributed by atoms with van der Waals surface area (Å²) in [5.41, 5.74) is -0.754. The SMILES string of the molecule is CCOP(=O)(CC(=O)NCCC(=O)c1c(F)ccc(Cl)c1F)OCC. The molecule has 0 fully saturated rings. The van der Waals surface area contributed by atoms with Crippen LogP contribution in [0.5, 0.6) is 0 Å². The summed E-state index contributed by atoms with van der Waals surface area (Å²) in [6, 6.07) is 1.89. The molecule has 6 nitrogen and oxygen atoms in total. The Labute approximate surface area is 149 Å². The molecule has 0 saturated carbocycles. The van der Waals surface area contributed by atoms with Crippen LogP contribution < -0.4 is 5.32 Å². The monoisotopic (exact) mass is 397 g/mol. The molecule has 1 aromatic carbocycles. The van der Waals surface area contributed by atoms with Gasteiger partial charge in [0.25, 0.3) is 0 Å². The Morgan fingerprint density at radius 3 is 2.36 bits per heavy atom. The number of rotatable bonds is 10. The van der Waals surface area contributed by atoms with E-state index in [-0.39, 0.29) is 31.2 Å². The second kappa shape index (κ2) is 9.97. The maximum atomic E-state index is 13.7. The van der Waals surface area contributed by atoms with Crippen LogP contribution in [0.15, 0.2) is 12.1 Å². The van der Waals surface area contributed by atoms with E-state index in [1.165, 1.54) is 0 Å². The number of carbonyl (C=O) groups is 2. The Balaban J connectivity index is 2.60. The third kappa shape index (κ3) is 6.47. The van der Waals surface area contributed by atoms with Crippen molar-refractivity contribution in [3.63, 3.8) is 0 Å². The molecular weight excluding hydrogens is 379 g/mol. The average Bonchev–Trinajstić information content (AvgIpc) is 2.51. The minimum Gasteiger partial charge on any atom is -0.355 e. The quantitative estimate of drug-likeness (QED) is 0.371. The van der Waals surface area contributed by atoms with Gasteiger partial charge in [-0.3, -0.25) is 14.2 Å². The lowest BCUT2D eigenvalue weighted by molar-refractivity contribution is -0.118. The lowest BCUT2D eigenvalue weighted by Crippen LogP contribution is -2.29. The van der Waals surface area contributed by atoms with E-state index >= 15 is 0 Å². The lowest BCUT2D eigenvalue weighted by Gasteiger charge is -2.16. The molecule has 0 saturated heterocycles. The highest BCUT2D eigenvalue weighted by molar-refractivity contribution is 7.54. The number of halogens is 3. The van der Waals surface area contributed by atoms with Crippen LogP contribution in [0.25, 0.3) is 0 Å². The van der Waals surface area contributed by atoms with E-state index in [1.807, 2.05) is 0 Å². The van der Waals surface area contributed by atoms with Crippen molar-refractivity contribution in [2.24, 2.45) is 0 Å². The molecule has 0 aromatic heterocycles. The fourth-order valence-corrected chi connectivity index (χ4v) is 3.64. The molecule has 1 amide bonds. The van der Waals surface area contributed by atoms with Gasteiger partial charge in [-0.2, -0.15) is 0 Å². The number of amides is 1. The summed E-state index contributed by atoms with van der Waals surface area (Å²) >= 11 is 5.52. The van der Waals surface area contributed by atoms with Crippen LogP contribution in [0.2, 0.25) is 5.02 Å². The van der Waals surface area contributed by atoms with E-state index in [2.05, 4.69) is 5.32 Å². The Bertz CT molecular complexity index is 676. The third-order valence-electron chi connectivity index (χ3n) is 2.99. The Morgan fingerprint density at radius 2 is 1.80 bits per heavy atom. The van der Waals surface area contributed by atoms with E-state index in [0.29, 0.717) is 0 Å². The summed E-state index contributed by atoms with van der Waals surface area (Å²) in [4.78, 5) is 23.7. The molecule has 0 unspecified atom stereocenters. The van der Waals surface area contributed by atoms with E-state index in [0.717, 1.165) is 12.1 Å². The molecule has 0 spiro atoms. The minimum atomic E-state index is -3.55. The highest BCUT2D eigenvalue weighted by atomic mass is 35.5. The van der Waals surface area contributed by atoms with Gasteiger partial charge in [-0.1, -0.05) is 11.6 Å². The molecule has 0 radical (unpaired) electrons. The molecule has 0 bridgehead atoms. The normalized spacial score (nSPS) is 11.4. The van der Waals surface area contributed by atoms with Crippen molar-refractivity contribution < 1.29 is 32.0 Å². The van der Waals surface area contributed by atoms with E-state index in [1.54, 1.807) is 13.8 Å². The predicted molar refractivity (Wildman–Crippen MR) is 89.1 cm³/mol. The zero-order valence-corrected chi connectivity index (χ0v) is 15.5. The zero-order chi connectivity index (χ0) is 19.0. The molecule has 0 aliphatic carbocycles. The van der Waals surface area contributed by atoms with Crippen LogP contribution in [-0.4, -0.2) is 37.6 Å². The first-order valence-corrected chi connectivity index (χ1v) is 9.66.